The van der Waals surface area contributed by atoms with Gasteiger partial charge in [0.1, 0.15) is 0 Å². The minimum atomic E-state index is -0.526. The molecule has 0 unspecified atom stereocenters. The molecule has 24 heavy (non-hydrogen) atoms. The Kier molecular flexibility index (Phi) is 4.83. The maximum Gasteiger partial charge on any atom is 0.306 e. The maximum absolute atomic E-state index is 11.9. The average molecular weight is 330 g/mol. The first-order valence-electron chi connectivity index (χ1n) is 8.36. The summed E-state index contributed by atoms with van der Waals surface area (Å²) in [5.74, 6) is 0.664. The van der Waals surface area contributed by atoms with Gasteiger partial charge in [0, 0.05) is 17.7 Å². The molecule has 2 aliphatic carbocycles. The molecule has 0 aliphatic heterocycles. The van der Waals surface area contributed by atoms with Gasteiger partial charge in [0.2, 0.25) is 5.91 Å². The summed E-state index contributed by atoms with van der Waals surface area (Å²) >= 11 is 0. The molecule has 6 heteroatoms. The summed E-state index contributed by atoms with van der Waals surface area (Å²) in [7, 11) is 0. The van der Waals surface area contributed by atoms with E-state index < -0.39 is 11.8 Å². The molecule has 0 saturated heterocycles. The lowest BCUT2D eigenvalue weighted by Crippen LogP contribution is -2.23. The Labute approximate surface area is 140 Å². The van der Waals surface area contributed by atoms with Gasteiger partial charge in [0.05, 0.1) is 0 Å². The van der Waals surface area contributed by atoms with Crippen molar-refractivity contribution in [3.63, 3.8) is 0 Å². The number of ether oxygens (including phenoxy) is 1. The molecular formula is C18H22N2O4. The molecule has 0 heterocycles. The number of carbonyl (C=O) groups excluding carboxylic acids is 3. The van der Waals surface area contributed by atoms with Gasteiger partial charge in [-0.15, -0.1) is 0 Å². The number of nitrogens with one attached hydrogen (secondary N) is 1. The highest BCUT2D eigenvalue weighted by atomic mass is 16.5. The largest absolute Gasteiger partial charge is 0.456 e. The monoisotopic (exact) mass is 330 g/mol. The fraction of sp³-hybridized carbons (Fsp3) is 0.500. The normalized spacial score (nSPS) is 24.6. The van der Waals surface area contributed by atoms with Crippen LogP contribution in [0.1, 0.15) is 42.5 Å². The summed E-state index contributed by atoms with van der Waals surface area (Å²) in [5.41, 5.74) is 6.04. The van der Waals surface area contributed by atoms with Gasteiger partial charge in [-0.2, -0.15) is 0 Å². The van der Waals surface area contributed by atoms with Gasteiger partial charge in [-0.1, -0.05) is 6.42 Å². The number of anilines is 1. The van der Waals surface area contributed by atoms with Crippen molar-refractivity contribution in [2.75, 3.05) is 11.9 Å². The number of rotatable bonds is 6. The molecule has 3 atom stereocenters. The van der Waals surface area contributed by atoms with Gasteiger partial charge < -0.3 is 15.8 Å². The van der Waals surface area contributed by atoms with E-state index in [1.54, 1.807) is 12.1 Å². The highest BCUT2D eigenvalue weighted by Gasteiger charge is 2.40. The van der Waals surface area contributed by atoms with E-state index in [0.29, 0.717) is 29.5 Å². The fourth-order valence-corrected chi connectivity index (χ4v) is 3.96. The van der Waals surface area contributed by atoms with Gasteiger partial charge in [-0.3, -0.25) is 14.4 Å². The minimum Gasteiger partial charge on any atom is -0.456 e. The number of carbonyl (C=O) groups is 3. The van der Waals surface area contributed by atoms with Crippen molar-refractivity contribution in [3.05, 3.63) is 29.8 Å². The van der Waals surface area contributed by atoms with Crippen molar-refractivity contribution in [2.24, 2.45) is 23.5 Å². The lowest BCUT2D eigenvalue weighted by Gasteiger charge is -2.20. The number of hydrogen-bond acceptors (Lipinski definition) is 4. The van der Waals surface area contributed by atoms with Gasteiger partial charge in [-0.25, -0.2) is 0 Å². The Balaban J connectivity index is 1.40. The Morgan fingerprint density at radius 2 is 1.88 bits per heavy atom. The molecule has 3 N–H and O–H groups in total. The third-order valence-electron chi connectivity index (χ3n) is 5.13. The molecule has 2 amide bonds. The molecule has 2 bridgehead atoms. The second-order valence-corrected chi connectivity index (χ2v) is 6.79. The van der Waals surface area contributed by atoms with E-state index >= 15 is 0 Å². The minimum absolute atomic E-state index is 0.294. The van der Waals surface area contributed by atoms with Crippen LogP contribution in [-0.4, -0.2) is 24.4 Å². The molecule has 1 aromatic carbocycles. The zero-order valence-corrected chi connectivity index (χ0v) is 13.5. The third kappa shape index (κ3) is 3.93. The van der Waals surface area contributed by atoms with E-state index in [1.807, 2.05) is 0 Å². The molecule has 0 spiro atoms. The molecule has 3 rings (SSSR count). The Bertz CT molecular complexity index is 641. The average Bonchev–Trinajstić information content (AvgIpc) is 3.16. The molecule has 2 saturated carbocycles. The highest BCUT2D eigenvalue weighted by Crippen LogP contribution is 2.49. The zero-order chi connectivity index (χ0) is 17.1. The van der Waals surface area contributed by atoms with E-state index in [4.69, 9.17) is 10.5 Å². The van der Waals surface area contributed by atoms with Crippen LogP contribution in [0.2, 0.25) is 0 Å². The molecule has 1 aromatic rings. The molecule has 6 nitrogen and oxygen atoms in total. The summed E-state index contributed by atoms with van der Waals surface area (Å²) in [6, 6.07) is 6.21. The van der Waals surface area contributed by atoms with Crippen molar-refractivity contribution in [3.8, 4) is 0 Å². The maximum atomic E-state index is 11.9. The molecule has 128 valence electrons. The van der Waals surface area contributed by atoms with Crippen molar-refractivity contribution < 1.29 is 19.1 Å². The number of hydrogen-bond donors (Lipinski definition) is 2. The van der Waals surface area contributed by atoms with Gasteiger partial charge in [-0.05, 0) is 61.3 Å². The first kappa shape index (κ1) is 16.5. The van der Waals surface area contributed by atoms with Crippen molar-refractivity contribution >= 4 is 23.5 Å². The van der Waals surface area contributed by atoms with Crippen LogP contribution in [0.3, 0.4) is 0 Å². The lowest BCUT2D eigenvalue weighted by molar-refractivity contribution is -0.148. The number of fused-ring (bicyclic) bond motifs is 2. The van der Waals surface area contributed by atoms with E-state index in [1.165, 1.54) is 31.4 Å². The fourth-order valence-electron chi connectivity index (χ4n) is 3.96. The van der Waals surface area contributed by atoms with Crippen LogP contribution in [-0.2, 0) is 14.3 Å². The molecule has 2 fully saturated rings. The van der Waals surface area contributed by atoms with Crippen LogP contribution in [0.25, 0.3) is 0 Å². The number of esters is 1. The molecule has 0 aromatic heterocycles. The van der Waals surface area contributed by atoms with Gasteiger partial charge in [0.15, 0.2) is 6.61 Å². The first-order valence-corrected chi connectivity index (χ1v) is 8.36. The predicted molar refractivity (Wildman–Crippen MR) is 88.1 cm³/mol. The Hall–Kier alpha value is -2.37. The third-order valence-corrected chi connectivity index (χ3v) is 5.13. The van der Waals surface area contributed by atoms with Crippen LogP contribution in [0, 0.1) is 17.8 Å². The van der Waals surface area contributed by atoms with E-state index in [-0.39, 0.29) is 12.6 Å². The predicted octanol–water partition coefficient (Wildman–Crippen LogP) is 2.09. The summed E-state index contributed by atoms with van der Waals surface area (Å²) in [5, 5.41) is 2.62. The lowest BCUT2D eigenvalue weighted by atomic mass is 9.86. The highest BCUT2D eigenvalue weighted by molar-refractivity contribution is 5.95. The second kappa shape index (κ2) is 7.03. The number of nitrogens with two attached hydrogens (primary N) is 1. The van der Waals surface area contributed by atoms with Crippen LogP contribution < -0.4 is 11.1 Å². The summed E-state index contributed by atoms with van der Waals surface area (Å²) in [6.07, 6.45) is 5.32. The van der Waals surface area contributed by atoms with Gasteiger partial charge >= 0.3 is 5.97 Å². The number of benzene rings is 1. The summed E-state index contributed by atoms with van der Waals surface area (Å²) in [6.45, 7) is -0.294. The smallest absolute Gasteiger partial charge is 0.306 e. The van der Waals surface area contributed by atoms with Crippen LogP contribution >= 0.6 is 0 Å². The SMILES string of the molecule is NC(=O)c1ccc(NC(=O)COC(=O)C[C@H]2C[C@@H]3CC[C@@H]2C3)cc1. The van der Waals surface area contributed by atoms with E-state index in [9.17, 15) is 14.4 Å². The van der Waals surface area contributed by atoms with Crippen LogP contribution in [0.4, 0.5) is 5.69 Å². The first-order chi connectivity index (χ1) is 11.5. The Morgan fingerprint density at radius 1 is 1.12 bits per heavy atom. The van der Waals surface area contributed by atoms with Crippen LogP contribution in [0.5, 0.6) is 0 Å². The van der Waals surface area contributed by atoms with E-state index in [2.05, 4.69) is 5.32 Å². The molecule has 2 aliphatic rings. The number of amides is 2. The van der Waals surface area contributed by atoms with Crippen molar-refractivity contribution in [2.45, 2.75) is 32.1 Å². The standard InChI is InChI=1S/C18H22N2O4/c19-18(23)12-3-5-15(6-4-12)20-16(21)10-24-17(22)9-14-8-11-1-2-13(14)7-11/h3-6,11,13-14H,1-2,7-10H2,(H2,19,23)(H,20,21)/t11-,13-,14-/m1/s1. The van der Waals surface area contributed by atoms with Gasteiger partial charge in [0.25, 0.3) is 5.91 Å². The topological polar surface area (TPSA) is 98.5 Å². The number of primary amides is 1. The summed E-state index contributed by atoms with van der Waals surface area (Å²) in [4.78, 5) is 34.7. The van der Waals surface area contributed by atoms with Crippen LogP contribution in [0.15, 0.2) is 24.3 Å². The molecular weight excluding hydrogens is 308 g/mol. The second-order valence-electron chi connectivity index (χ2n) is 6.79. The van der Waals surface area contributed by atoms with Crippen molar-refractivity contribution in [1.29, 1.82) is 0 Å². The summed E-state index contributed by atoms with van der Waals surface area (Å²) < 4.78 is 5.08. The quantitative estimate of drug-likeness (QED) is 0.780. The van der Waals surface area contributed by atoms with E-state index in [0.717, 1.165) is 12.3 Å². The Morgan fingerprint density at radius 3 is 2.46 bits per heavy atom. The molecule has 0 radical (unpaired) electrons. The zero-order valence-electron chi connectivity index (χ0n) is 13.5. The van der Waals surface area contributed by atoms with Crippen molar-refractivity contribution in [1.82, 2.24) is 0 Å².